The number of para-hydroxylation sites is 1. The number of anilines is 1. The van der Waals surface area contributed by atoms with Gasteiger partial charge in [0.1, 0.15) is 0 Å². The first-order valence-electron chi connectivity index (χ1n) is 8.39. The van der Waals surface area contributed by atoms with Gasteiger partial charge in [0.25, 0.3) is 0 Å². The summed E-state index contributed by atoms with van der Waals surface area (Å²) >= 11 is 0. The molecule has 4 heteroatoms. The van der Waals surface area contributed by atoms with Crippen molar-refractivity contribution in [2.75, 3.05) is 25.4 Å². The number of piperidine rings is 1. The van der Waals surface area contributed by atoms with E-state index in [0.717, 1.165) is 36.8 Å². The zero-order valence-corrected chi connectivity index (χ0v) is 13.8. The number of carbonyl (C=O) groups excluding carboxylic acids is 1. The van der Waals surface area contributed by atoms with Crippen molar-refractivity contribution in [1.82, 2.24) is 10.2 Å². The van der Waals surface area contributed by atoms with Gasteiger partial charge in [-0.15, -0.1) is 0 Å². The first kappa shape index (κ1) is 16.8. The number of carbonyl (C=O) groups is 1. The van der Waals surface area contributed by atoms with E-state index in [1.807, 2.05) is 24.3 Å². The first-order chi connectivity index (χ1) is 10.5. The molecular weight excluding hydrogens is 274 g/mol. The molecule has 22 heavy (non-hydrogen) atoms. The number of nitrogens with two attached hydrogens (primary N) is 1. The van der Waals surface area contributed by atoms with Crippen molar-refractivity contribution in [3.8, 4) is 0 Å². The summed E-state index contributed by atoms with van der Waals surface area (Å²) in [6.07, 6.45) is 3.80. The van der Waals surface area contributed by atoms with Crippen LogP contribution in [-0.4, -0.2) is 36.5 Å². The fourth-order valence-corrected chi connectivity index (χ4v) is 3.24. The van der Waals surface area contributed by atoms with Crippen LogP contribution >= 0.6 is 0 Å². The van der Waals surface area contributed by atoms with Gasteiger partial charge in [0.2, 0.25) is 5.91 Å². The molecule has 1 aliphatic heterocycles. The van der Waals surface area contributed by atoms with Gasteiger partial charge in [-0.1, -0.05) is 25.1 Å². The Bertz CT molecular complexity index is 489. The topological polar surface area (TPSA) is 58.4 Å². The van der Waals surface area contributed by atoms with Crippen LogP contribution in [0.25, 0.3) is 0 Å². The van der Waals surface area contributed by atoms with Crippen molar-refractivity contribution in [1.29, 1.82) is 0 Å². The summed E-state index contributed by atoms with van der Waals surface area (Å²) in [6, 6.07) is 7.95. The van der Waals surface area contributed by atoms with E-state index in [9.17, 15) is 4.79 Å². The highest BCUT2D eigenvalue weighted by atomic mass is 16.1. The van der Waals surface area contributed by atoms with Crippen molar-refractivity contribution >= 4 is 11.6 Å². The molecule has 1 aromatic carbocycles. The summed E-state index contributed by atoms with van der Waals surface area (Å²) in [4.78, 5) is 14.5. The Labute approximate surface area is 134 Å². The van der Waals surface area contributed by atoms with Crippen LogP contribution in [-0.2, 0) is 11.2 Å². The van der Waals surface area contributed by atoms with E-state index in [1.165, 1.54) is 12.8 Å². The quantitative estimate of drug-likeness (QED) is 0.794. The number of nitrogen functional groups attached to an aromatic ring is 1. The normalized spacial score (nSPS) is 20.5. The molecule has 4 nitrogen and oxygen atoms in total. The molecule has 1 saturated heterocycles. The lowest BCUT2D eigenvalue weighted by atomic mass is 10.00. The Morgan fingerprint density at radius 1 is 1.45 bits per heavy atom. The average Bonchev–Trinajstić information content (AvgIpc) is 2.46. The number of hydrogen-bond acceptors (Lipinski definition) is 3. The van der Waals surface area contributed by atoms with Crippen LogP contribution in [0.4, 0.5) is 5.69 Å². The predicted octanol–water partition coefficient (Wildman–Crippen LogP) is 2.44. The van der Waals surface area contributed by atoms with E-state index in [4.69, 9.17) is 5.73 Å². The molecule has 2 atom stereocenters. The van der Waals surface area contributed by atoms with Crippen molar-refractivity contribution in [3.05, 3.63) is 29.8 Å². The number of likely N-dealkylation sites (tertiary alicyclic amines) is 1. The minimum Gasteiger partial charge on any atom is -0.399 e. The van der Waals surface area contributed by atoms with E-state index >= 15 is 0 Å². The lowest BCUT2D eigenvalue weighted by Crippen LogP contribution is -2.45. The molecule has 2 rings (SSSR count). The third-order valence-corrected chi connectivity index (χ3v) is 4.36. The summed E-state index contributed by atoms with van der Waals surface area (Å²) < 4.78 is 0. The third kappa shape index (κ3) is 5.34. The molecule has 122 valence electrons. The number of nitrogens with zero attached hydrogens (tertiary/aromatic N) is 1. The van der Waals surface area contributed by atoms with Crippen LogP contribution in [0.15, 0.2) is 24.3 Å². The van der Waals surface area contributed by atoms with Crippen molar-refractivity contribution in [2.24, 2.45) is 5.92 Å². The largest absolute Gasteiger partial charge is 0.399 e. The van der Waals surface area contributed by atoms with Crippen molar-refractivity contribution in [2.45, 2.75) is 45.6 Å². The predicted molar refractivity (Wildman–Crippen MR) is 91.6 cm³/mol. The Balaban J connectivity index is 1.71. The van der Waals surface area contributed by atoms with E-state index < -0.39 is 0 Å². The molecule has 1 aromatic rings. The van der Waals surface area contributed by atoms with Gasteiger partial charge >= 0.3 is 0 Å². The molecule has 0 aliphatic carbocycles. The molecule has 0 bridgehead atoms. The molecule has 3 N–H and O–H groups in total. The van der Waals surface area contributed by atoms with Gasteiger partial charge in [-0.25, -0.2) is 0 Å². The molecule has 0 saturated carbocycles. The van der Waals surface area contributed by atoms with Crippen molar-refractivity contribution in [3.63, 3.8) is 0 Å². The molecule has 2 unspecified atom stereocenters. The second-order valence-electron chi connectivity index (χ2n) is 6.67. The summed E-state index contributed by atoms with van der Waals surface area (Å²) in [5.74, 6) is 0.888. The maximum Gasteiger partial charge on any atom is 0.220 e. The number of amides is 1. The Hall–Kier alpha value is -1.55. The zero-order valence-electron chi connectivity index (χ0n) is 13.8. The summed E-state index contributed by atoms with van der Waals surface area (Å²) in [7, 11) is 0. The van der Waals surface area contributed by atoms with Crippen LogP contribution in [0.2, 0.25) is 0 Å². The van der Waals surface area contributed by atoms with Crippen molar-refractivity contribution < 1.29 is 4.79 Å². The lowest BCUT2D eigenvalue weighted by molar-refractivity contribution is -0.121. The molecule has 1 heterocycles. The molecule has 1 amide bonds. The van der Waals surface area contributed by atoms with Crippen LogP contribution in [0.1, 0.15) is 38.7 Å². The van der Waals surface area contributed by atoms with Crippen LogP contribution < -0.4 is 11.1 Å². The van der Waals surface area contributed by atoms with Gasteiger partial charge in [-0.05, 0) is 50.3 Å². The van der Waals surface area contributed by atoms with Gasteiger partial charge in [0.05, 0.1) is 0 Å². The standard InChI is InChI=1S/C18H29N3O/c1-14-6-5-11-21(12-14)13-15(2)20-18(22)10-9-16-7-3-4-8-17(16)19/h3-4,7-8,14-15H,5-6,9-13,19H2,1-2H3,(H,20,22). The molecule has 1 fully saturated rings. The van der Waals surface area contributed by atoms with Gasteiger partial charge in [-0.3, -0.25) is 4.79 Å². The maximum absolute atomic E-state index is 12.1. The highest BCUT2D eigenvalue weighted by Crippen LogP contribution is 2.15. The first-order valence-corrected chi connectivity index (χ1v) is 8.39. The summed E-state index contributed by atoms with van der Waals surface area (Å²) in [5.41, 5.74) is 7.73. The highest BCUT2D eigenvalue weighted by Gasteiger charge is 2.18. The second-order valence-corrected chi connectivity index (χ2v) is 6.67. The highest BCUT2D eigenvalue weighted by molar-refractivity contribution is 5.76. The Morgan fingerprint density at radius 3 is 2.95 bits per heavy atom. The number of hydrogen-bond donors (Lipinski definition) is 2. The Kier molecular flexibility index (Phi) is 6.25. The van der Waals surface area contributed by atoms with E-state index in [1.54, 1.807) is 0 Å². The molecular formula is C18H29N3O. The fraction of sp³-hybridized carbons (Fsp3) is 0.611. The second kappa shape index (κ2) is 8.18. The molecule has 0 radical (unpaired) electrons. The molecule has 0 spiro atoms. The van der Waals surface area contributed by atoms with Crippen LogP contribution in [0, 0.1) is 5.92 Å². The minimum absolute atomic E-state index is 0.112. The number of aryl methyl sites for hydroxylation is 1. The van der Waals surface area contributed by atoms with Gasteiger partial charge in [-0.2, -0.15) is 0 Å². The molecule has 0 aromatic heterocycles. The summed E-state index contributed by atoms with van der Waals surface area (Å²) in [6.45, 7) is 7.66. The van der Waals surface area contributed by atoms with Crippen LogP contribution in [0.3, 0.4) is 0 Å². The zero-order chi connectivity index (χ0) is 15.9. The third-order valence-electron chi connectivity index (χ3n) is 4.36. The van der Waals surface area contributed by atoms with Gasteiger partial charge < -0.3 is 16.0 Å². The molecule has 1 aliphatic rings. The number of nitrogens with one attached hydrogen (secondary N) is 1. The van der Waals surface area contributed by atoms with Crippen LogP contribution in [0.5, 0.6) is 0 Å². The summed E-state index contributed by atoms with van der Waals surface area (Å²) in [5, 5.41) is 3.11. The van der Waals surface area contributed by atoms with Gasteiger partial charge in [0, 0.05) is 31.2 Å². The Morgan fingerprint density at radius 2 is 2.23 bits per heavy atom. The fourth-order valence-electron chi connectivity index (χ4n) is 3.24. The maximum atomic E-state index is 12.1. The monoisotopic (exact) mass is 303 g/mol. The number of rotatable bonds is 6. The van der Waals surface area contributed by atoms with E-state index in [0.29, 0.717) is 12.8 Å². The minimum atomic E-state index is 0.112. The average molecular weight is 303 g/mol. The number of benzene rings is 1. The SMILES string of the molecule is CC1CCCN(CC(C)NC(=O)CCc2ccccc2N)C1. The lowest BCUT2D eigenvalue weighted by Gasteiger charge is -2.32. The van der Waals surface area contributed by atoms with E-state index in [-0.39, 0.29) is 11.9 Å². The smallest absolute Gasteiger partial charge is 0.220 e. The van der Waals surface area contributed by atoms with Gasteiger partial charge in [0.15, 0.2) is 0 Å². The van der Waals surface area contributed by atoms with E-state index in [2.05, 4.69) is 24.1 Å².